The van der Waals surface area contributed by atoms with Crippen molar-refractivity contribution in [3.63, 3.8) is 0 Å². The Morgan fingerprint density at radius 3 is 2.54 bits per heavy atom. The molecule has 0 saturated heterocycles. The van der Waals surface area contributed by atoms with Gasteiger partial charge in [0.1, 0.15) is 6.10 Å². The first-order chi connectivity index (χ1) is 6.35. The lowest BCUT2D eigenvalue weighted by molar-refractivity contribution is -0.135. The van der Waals surface area contributed by atoms with Crippen molar-refractivity contribution >= 4 is 12.9 Å². The van der Waals surface area contributed by atoms with Crippen molar-refractivity contribution in [2.24, 2.45) is 0 Å². The summed E-state index contributed by atoms with van der Waals surface area (Å²) >= 11 is 0. The van der Waals surface area contributed by atoms with Crippen LogP contribution in [-0.2, 0) is 19.1 Å². The Balaban J connectivity index is 3.43. The van der Waals surface area contributed by atoms with Crippen molar-refractivity contribution < 1.29 is 19.1 Å². The number of rotatable bonds is 9. The molecule has 0 aromatic heterocycles. The third-order valence-corrected chi connectivity index (χ3v) is 1.71. The molecule has 0 aromatic carbocycles. The molecule has 0 aromatic rings. The highest BCUT2D eigenvalue weighted by molar-refractivity contribution is 5.37. The van der Waals surface area contributed by atoms with Gasteiger partial charge < -0.3 is 9.47 Å². The molecule has 0 amide bonds. The minimum Gasteiger partial charge on any atom is -0.468 e. The van der Waals surface area contributed by atoms with Crippen molar-refractivity contribution in [1.82, 2.24) is 0 Å². The van der Waals surface area contributed by atoms with Gasteiger partial charge in [-0.05, 0) is 19.3 Å². The van der Waals surface area contributed by atoms with Gasteiger partial charge in [0, 0.05) is 0 Å². The van der Waals surface area contributed by atoms with Crippen molar-refractivity contribution in [3.05, 3.63) is 0 Å². The van der Waals surface area contributed by atoms with E-state index in [9.17, 15) is 9.59 Å². The summed E-state index contributed by atoms with van der Waals surface area (Å²) in [5.41, 5.74) is 0. The quantitative estimate of drug-likeness (QED) is 0.404. The lowest BCUT2D eigenvalue weighted by Crippen LogP contribution is -2.12. The SMILES string of the molecule is CCCC(CCCOC=O)OC=O. The van der Waals surface area contributed by atoms with Gasteiger partial charge in [-0.15, -0.1) is 0 Å². The second kappa shape index (κ2) is 9.03. The lowest BCUT2D eigenvalue weighted by Gasteiger charge is -2.13. The second-order valence-electron chi connectivity index (χ2n) is 2.75. The van der Waals surface area contributed by atoms with Crippen LogP contribution < -0.4 is 0 Å². The van der Waals surface area contributed by atoms with Crippen LogP contribution in [0.1, 0.15) is 32.6 Å². The summed E-state index contributed by atoms with van der Waals surface area (Å²) in [6.45, 7) is 3.32. The monoisotopic (exact) mass is 188 g/mol. The Hall–Kier alpha value is -1.06. The first kappa shape index (κ1) is 11.9. The lowest BCUT2D eigenvalue weighted by atomic mass is 10.1. The summed E-state index contributed by atoms with van der Waals surface area (Å²) in [5.74, 6) is 0. The minimum atomic E-state index is -0.0299. The predicted molar refractivity (Wildman–Crippen MR) is 47.1 cm³/mol. The van der Waals surface area contributed by atoms with Gasteiger partial charge in [0.05, 0.1) is 6.61 Å². The molecular formula is C9H16O4. The molecular weight excluding hydrogens is 172 g/mol. The molecule has 0 aliphatic heterocycles. The molecule has 0 N–H and O–H groups in total. The fourth-order valence-corrected chi connectivity index (χ4v) is 1.12. The molecule has 1 unspecified atom stereocenters. The van der Waals surface area contributed by atoms with Crippen LogP contribution in [0.2, 0.25) is 0 Å². The third-order valence-electron chi connectivity index (χ3n) is 1.71. The molecule has 0 spiro atoms. The standard InChI is InChI=1S/C9H16O4/c1-2-4-9(13-8-11)5-3-6-12-7-10/h7-9H,2-6H2,1H3. The van der Waals surface area contributed by atoms with Crippen LogP contribution in [0.4, 0.5) is 0 Å². The molecule has 1 atom stereocenters. The van der Waals surface area contributed by atoms with E-state index in [1.807, 2.05) is 6.92 Å². The van der Waals surface area contributed by atoms with E-state index in [-0.39, 0.29) is 6.10 Å². The maximum Gasteiger partial charge on any atom is 0.293 e. The molecule has 0 saturated carbocycles. The van der Waals surface area contributed by atoms with E-state index in [1.54, 1.807) is 0 Å². The molecule has 0 radical (unpaired) electrons. The summed E-state index contributed by atoms with van der Waals surface area (Å²) in [7, 11) is 0. The van der Waals surface area contributed by atoms with Crippen LogP contribution in [0.25, 0.3) is 0 Å². The van der Waals surface area contributed by atoms with E-state index < -0.39 is 0 Å². The Morgan fingerprint density at radius 2 is 2.00 bits per heavy atom. The van der Waals surface area contributed by atoms with E-state index in [1.165, 1.54) is 0 Å². The molecule has 0 aliphatic rings. The van der Waals surface area contributed by atoms with E-state index in [4.69, 9.17) is 4.74 Å². The van der Waals surface area contributed by atoms with Gasteiger partial charge in [-0.2, -0.15) is 0 Å². The average Bonchev–Trinajstić information content (AvgIpc) is 2.13. The highest BCUT2D eigenvalue weighted by atomic mass is 16.5. The van der Waals surface area contributed by atoms with Crippen LogP contribution in [0.5, 0.6) is 0 Å². The molecule has 0 aliphatic carbocycles. The highest BCUT2D eigenvalue weighted by Crippen LogP contribution is 2.08. The zero-order chi connectivity index (χ0) is 9.94. The molecule has 4 nitrogen and oxygen atoms in total. The summed E-state index contributed by atoms with van der Waals surface area (Å²) in [4.78, 5) is 19.9. The first-order valence-corrected chi connectivity index (χ1v) is 4.49. The van der Waals surface area contributed by atoms with Crippen LogP contribution in [0, 0.1) is 0 Å². The third kappa shape index (κ3) is 7.31. The van der Waals surface area contributed by atoms with Crippen LogP contribution in [0.3, 0.4) is 0 Å². The van der Waals surface area contributed by atoms with Gasteiger partial charge in [-0.25, -0.2) is 0 Å². The van der Waals surface area contributed by atoms with Gasteiger partial charge >= 0.3 is 0 Å². The number of carbonyl (C=O) groups is 2. The van der Waals surface area contributed by atoms with E-state index in [2.05, 4.69) is 4.74 Å². The van der Waals surface area contributed by atoms with Crippen LogP contribution >= 0.6 is 0 Å². The normalized spacial score (nSPS) is 11.8. The van der Waals surface area contributed by atoms with Crippen molar-refractivity contribution in [2.75, 3.05) is 6.61 Å². The average molecular weight is 188 g/mol. The molecule has 0 rings (SSSR count). The topological polar surface area (TPSA) is 52.6 Å². The zero-order valence-electron chi connectivity index (χ0n) is 7.90. The van der Waals surface area contributed by atoms with Crippen molar-refractivity contribution in [2.45, 2.75) is 38.7 Å². The van der Waals surface area contributed by atoms with Gasteiger partial charge in [-0.1, -0.05) is 13.3 Å². The van der Waals surface area contributed by atoms with Gasteiger partial charge in [-0.3, -0.25) is 9.59 Å². The summed E-state index contributed by atoms with van der Waals surface area (Å²) in [5, 5.41) is 0. The van der Waals surface area contributed by atoms with Crippen molar-refractivity contribution in [3.8, 4) is 0 Å². The van der Waals surface area contributed by atoms with Gasteiger partial charge in [0.15, 0.2) is 0 Å². The van der Waals surface area contributed by atoms with E-state index >= 15 is 0 Å². The Kier molecular flexibility index (Phi) is 8.30. The Morgan fingerprint density at radius 1 is 1.23 bits per heavy atom. The largest absolute Gasteiger partial charge is 0.468 e. The van der Waals surface area contributed by atoms with Crippen LogP contribution in [0.15, 0.2) is 0 Å². The molecule has 76 valence electrons. The number of carbonyl (C=O) groups excluding carboxylic acids is 2. The predicted octanol–water partition coefficient (Wildman–Crippen LogP) is 1.28. The summed E-state index contributed by atoms with van der Waals surface area (Å²) < 4.78 is 9.35. The second-order valence-corrected chi connectivity index (χ2v) is 2.75. The molecule has 0 fully saturated rings. The van der Waals surface area contributed by atoms with Gasteiger partial charge in [0.25, 0.3) is 12.9 Å². The zero-order valence-corrected chi connectivity index (χ0v) is 7.90. The molecule has 4 heteroatoms. The highest BCUT2D eigenvalue weighted by Gasteiger charge is 2.07. The van der Waals surface area contributed by atoms with E-state index in [0.29, 0.717) is 19.6 Å². The fourth-order valence-electron chi connectivity index (χ4n) is 1.12. The van der Waals surface area contributed by atoms with Crippen molar-refractivity contribution in [1.29, 1.82) is 0 Å². The van der Waals surface area contributed by atoms with Gasteiger partial charge in [0.2, 0.25) is 0 Å². The molecule has 0 bridgehead atoms. The summed E-state index contributed by atoms with van der Waals surface area (Å²) in [6, 6.07) is 0. The Bertz CT molecular complexity index is 136. The smallest absolute Gasteiger partial charge is 0.293 e. The maximum absolute atomic E-state index is 10.1. The first-order valence-electron chi connectivity index (χ1n) is 4.49. The fraction of sp³-hybridized carbons (Fsp3) is 0.778. The number of hydrogen-bond acceptors (Lipinski definition) is 4. The van der Waals surface area contributed by atoms with Crippen LogP contribution in [-0.4, -0.2) is 25.7 Å². The minimum absolute atomic E-state index is 0.0299. The maximum atomic E-state index is 10.1. The molecule has 13 heavy (non-hydrogen) atoms. The summed E-state index contributed by atoms with van der Waals surface area (Å²) in [6.07, 6.45) is 3.29. The number of hydrogen-bond donors (Lipinski definition) is 0. The number of ether oxygens (including phenoxy) is 2. The Labute approximate surface area is 78.2 Å². The van der Waals surface area contributed by atoms with E-state index in [0.717, 1.165) is 25.7 Å². The molecule has 0 heterocycles.